The molecule has 0 unspecified atom stereocenters. The number of hydrogen-bond donors (Lipinski definition) is 2. The summed E-state index contributed by atoms with van der Waals surface area (Å²) < 4.78 is 5.99. The van der Waals surface area contributed by atoms with Crippen LogP contribution < -0.4 is 15.4 Å². The number of urea groups is 1. The van der Waals surface area contributed by atoms with Crippen LogP contribution in [-0.4, -0.2) is 12.6 Å². The van der Waals surface area contributed by atoms with Gasteiger partial charge >= 0.3 is 6.03 Å². The molecule has 0 saturated carbocycles. The lowest BCUT2D eigenvalue weighted by Gasteiger charge is -2.16. The van der Waals surface area contributed by atoms with E-state index in [1.165, 1.54) is 0 Å². The maximum absolute atomic E-state index is 11.3. The number of benzene rings is 2. The predicted molar refractivity (Wildman–Crippen MR) is 86.0 cm³/mol. The maximum Gasteiger partial charge on any atom is 0.315 e. The summed E-state index contributed by atoms with van der Waals surface area (Å²) in [6.07, 6.45) is 0. The topological polar surface area (TPSA) is 50.4 Å². The van der Waals surface area contributed by atoms with Crippen molar-refractivity contribution in [3.05, 3.63) is 64.7 Å². The summed E-state index contributed by atoms with van der Waals surface area (Å²) in [5.74, 6) is 0.921. The van der Waals surface area contributed by atoms with E-state index in [9.17, 15) is 4.79 Å². The molecule has 2 N–H and O–H groups in total. The number of carbonyl (C=O) groups is 1. The molecule has 0 spiro atoms. The molecule has 1 fully saturated rings. The third-order valence-corrected chi connectivity index (χ3v) is 3.88. The molecule has 1 saturated heterocycles. The Bertz CT molecular complexity index is 660. The highest BCUT2D eigenvalue weighted by atomic mass is 16.5. The van der Waals surface area contributed by atoms with Gasteiger partial charge < -0.3 is 15.4 Å². The lowest BCUT2D eigenvalue weighted by atomic mass is 10.0. The third-order valence-electron chi connectivity index (χ3n) is 3.88. The molecule has 1 atom stereocenters. The summed E-state index contributed by atoms with van der Waals surface area (Å²) in [7, 11) is 0. The smallest absolute Gasteiger partial charge is 0.315 e. The third kappa shape index (κ3) is 3.06. The van der Waals surface area contributed by atoms with Crippen molar-refractivity contribution in [2.45, 2.75) is 26.5 Å². The molecule has 22 heavy (non-hydrogen) atoms. The first-order valence-corrected chi connectivity index (χ1v) is 7.46. The SMILES string of the molecule is Cc1cc([C@H]2CNC(=O)N2)cc(C)c1OCc1ccccc1. The van der Waals surface area contributed by atoms with Crippen LogP contribution in [0.15, 0.2) is 42.5 Å². The van der Waals surface area contributed by atoms with Crippen molar-refractivity contribution in [3.8, 4) is 5.75 Å². The van der Waals surface area contributed by atoms with Crippen LogP contribution in [0, 0.1) is 13.8 Å². The Kier molecular flexibility index (Phi) is 4.00. The van der Waals surface area contributed by atoms with E-state index in [4.69, 9.17) is 4.74 Å². The fourth-order valence-corrected chi connectivity index (χ4v) is 2.80. The Hall–Kier alpha value is -2.49. The molecule has 4 nitrogen and oxygen atoms in total. The Balaban J connectivity index is 1.76. The van der Waals surface area contributed by atoms with E-state index >= 15 is 0 Å². The highest BCUT2D eigenvalue weighted by molar-refractivity contribution is 5.77. The van der Waals surface area contributed by atoms with Crippen LogP contribution >= 0.6 is 0 Å². The number of carbonyl (C=O) groups excluding carboxylic acids is 1. The lowest BCUT2D eigenvalue weighted by molar-refractivity contribution is 0.247. The van der Waals surface area contributed by atoms with E-state index in [-0.39, 0.29) is 12.1 Å². The zero-order chi connectivity index (χ0) is 15.5. The van der Waals surface area contributed by atoms with Crippen LogP contribution in [0.1, 0.15) is 28.3 Å². The summed E-state index contributed by atoms with van der Waals surface area (Å²) in [5, 5.41) is 5.70. The van der Waals surface area contributed by atoms with Crippen molar-refractivity contribution in [2.75, 3.05) is 6.54 Å². The zero-order valence-corrected chi connectivity index (χ0v) is 12.8. The van der Waals surface area contributed by atoms with Gasteiger partial charge in [0, 0.05) is 6.54 Å². The average Bonchev–Trinajstić information content (AvgIpc) is 2.94. The Morgan fingerprint density at radius 1 is 1.14 bits per heavy atom. The number of hydrogen-bond acceptors (Lipinski definition) is 2. The first-order chi connectivity index (χ1) is 10.6. The number of amides is 2. The van der Waals surface area contributed by atoms with Crippen LogP contribution in [0.5, 0.6) is 5.75 Å². The van der Waals surface area contributed by atoms with Gasteiger partial charge in [0.2, 0.25) is 0 Å². The molecule has 0 bridgehead atoms. The molecule has 1 aliphatic heterocycles. The molecule has 1 heterocycles. The van der Waals surface area contributed by atoms with Gasteiger partial charge in [0.25, 0.3) is 0 Å². The molecule has 2 aromatic rings. The lowest BCUT2D eigenvalue weighted by Crippen LogP contribution is -2.21. The standard InChI is InChI=1S/C18H20N2O2/c1-12-8-15(16-10-19-18(21)20-16)9-13(2)17(12)22-11-14-6-4-3-5-7-14/h3-9,16H,10-11H2,1-2H3,(H2,19,20,21)/t16-/m1/s1. The van der Waals surface area contributed by atoms with Gasteiger partial charge in [-0.05, 0) is 36.1 Å². The Morgan fingerprint density at radius 2 is 1.82 bits per heavy atom. The van der Waals surface area contributed by atoms with Crippen LogP contribution in [0.4, 0.5) is 4.79 Å². The highest BCUT2D eigenvalue weighted by Gasteiger charge is 2.22. The summed E-state index contributed by atoms with van der Waals surface area (Å²) in [4.78, 5) is 11.3. The molecular formula is C18H20N2O2. The molecule has 2 aromatic carbocycles. The Morgan fingerprint density at radius 3 is 2.41 bits per heavy atom. The summed E-state index contributed by atoms with van der Waals surface area (Å²) in [6.45, 7) is 5.27. The van der Waals surface area contributed by atoms with Crippen molar-refractivity contribution in [2.24, 2.45) is 0 Å². The summed E-state index contributed by atoms with van der Waals surface area (Å²) in [6, 6.07) is 14.2. The summed E-state index contributed by atoms with van der Waals surface area (Å²) >= 11 is 0. The quantitative estimate of drug-likeness (QED) is 0.910. The van der Waals surface area contributed by atoms with Crippen LogP contribution in [0.2, 0.25) is 0 Å². The van der Waals surface area contributed by atoms with E-state index in [0.29, 0.717) is 13.2 Å². The van der Waals surface area contributed by atoms with Crippen molar-refractivity contribution >= 4 is 6.03 Å². The van der Waals surface area contributed by atoms with Crippen molar-refractivity contribution in [1.82, 2.24) is 10.6 Å². The molecule has 4 heteroatoms. The molecule has 114 valence electrons. The fraction of sp³-hybridized carbons (Fsp3) is 0.278. The number of rotatable bonds is 4. The predicted octanol–water partition coefficient (Wildman–Crippen LogP) is 3.24. The van der Waals surface area contributed by atoms with Gasteiger partial charge in [0.15, 0.2) is 0 Å². The monoisotopic (exact) mass is 296 g/mol. The first-order valence-electron chi connectivity index (χ1n) is 7.46. The van der Waals surface area contributed by atoms with Gasteiger partial charge in [-0.25, -0.2) is 4.79 Å². The van der Waals surface area contributed by atoms with Crippen LogP contribution in [-0.2, 0) is 6.61 Å². The van der Waals surface area contributed by atoms with E-state index < -0.39 is 0 Å². The molecule has 3 rings (SSSR count). The normalized spacial score (nSPS) is 17.0. The van der Waals surface area contributed by atoms with Gasteiger partial charge in [-0.1, -0.05) is 42.5 Å². The van der Waals surface area contributed by atoms with Gasteiger partial charge in [-0.15, -0.1) is 0 Å². The van der Waals surface area contributed by atoms with E-state index in [2.05, 4.69) is 34.9 Å². The minimum absolute atomic E-state index is 0.0353. The maximum atomic E-state index is 11.3. The minimum atomic E-state index is -0.107. The first kappa shape index (κ1) is 14.4. The van der Waals surface area contributed by atoms with E-state index in [0.717, 1.165) is 28.0 Å². The molecule has 0 radical (unpaired) electrons. The fourth-order valence-electron chi connectivity index (χ4n) is 2.80. The van der Waals surface area contributed by atoms with E-state index in [1.54, 1.807) is 0 Å². The molecule has 2 amide bonds. The second-order valence-corrected chi connectivity index (χ2v) is 5.67. The second kappa shape index (κ2) is 6.10. The van der Waals surface area contributed by atoms with Gasteiger partial charge in [-0.2, -0.15) is 0 Å². The largest absolute Gasteiger partial charge is 0.488 e. The second-order valence-electron chi connectivity index (χ2n) is 5.67. The van der Waals surface area contributed by atoms with Crippen molar-refractivity contribution in [3.63, 3.8) is 0 Å². The van der Waals surface area contributed by atoms with E-state index in [1.807, 2.05) is 32.0 Å². The van der Waals surface area contributed by atoms with Crippen molar-refractivity contribution in [1.29, 1.82) is 0 Å². The molecular weight excluding hydrogens is 276 g/mol. The van der Waals surface area contributed by atoms with Crippen LogP contribution in [0.25, 0.3) is 0 Å². The highest BCUT2D eigenvalue weighted by Crippen LogP contribution is 2.29. The average molecular weight is 296 g/mol. The number of ether oxygens (including phenoxy) is 1. The zero-order valence-electron chi connectivity index (χ0n) is 12.8. The summed E-state index contributed by atoms with van der Waals surface area (Å²) in [5.41, 5.74) is 4.44. The number of nitrogens with one attached hydrogen (secondary N) is 2. The van der Waals surface area contributed by atoms with Gasteiger partial charge in [0.1, 0.15) is 12.4 Å². The molecule has 1 aliphatic rings. The van der Waals surface area contributed by atoms with Gasteiger partial charge in [0.05, 0.1) is 6.04 Å². The van der Waals surface area contributed by atoms with Crippen molar-refractivity contribution < 1.29 is 9.53 Å². The Labute approximate surface area is 130 Å². The molecule has 0 aromatic heterocycles. The molecule has 0 aliphatic carbocycles. The minimum Gasteiger partial charge on any atom is -0.488 e. The number of aryl methyl sites for hydroxylation is 2. The van der Waals surface area contributed by atoms with Crippen LogP contribution in [0.3, 0.4) is 0 Å². The van der Waals surface area contributed by atoms with Gasteiger partial charge in [-0.3, -0.25) is 0 Å².